The van der Waals surface area contributed by atoms with E-state index < -0.39 is 6.09 Å². The van der Waals surface area contributed by atoms with Gasteiger partial charge in [-0.15, -0.1) is 0 Å². The lowest BCUT2D eigenvalue weighted by Crippen LogP contribution is -2.18. The maximum atomic E-state index is 12.0. The number of fused-ring (bicyclic) bond motifs is 1. The number of amides is 1. The highest BCUT2D eigenvalue weighted by atomic mass is 16.6. The Balaban J connectivity index is 1.43. The number of nitrogens with one attached hydrogen (secondary N) is 2. The normalized spacial score (nSPS) is 13.4. The number of aromatic amines is 1. The first kappa shape index (κ1) is 24.4. The van der Waals surface area contributed by atoms with Crippen LogP contribution in [0, 0.1) is 11.3 Å². The van der Waals surface area contributed by atoms with Crippen molar-refractivity contribution in [3.05, 3.63) is 60.2 Å². The third kappa shape index (κ3) is 5.28. The van der Waals surface area contributed by atoms with E-state index in [1.54, 1.807) is 13.8 Å². The molecule has 0 unspecified atom stereocenters. The number of nitriles is 1. The second kappa shape index (κ2) is 10.7. The maximum absolute atomic E-state index is 12.0. The molecule has 2 aromatic carbocycles. The average molecular weight is 499 g/mol. The minimum atomic E-state index is -0.489. The van der Waals surface area contributed by atoms with Crippen molar-refractivity contribution >= 4 is 22.7 Å². The summed E-state index contributed by atoms with van der Waals surface area (Å²) in [7, 11) is 0. The summed E-state index contributed by atoms with van der Waals surface area (Å²) < 4.78 is 13.5. The van der Waals surface area contributed by atoms with Gasteiger partial charge < -0.3 is 14.0 Å². The van der Waals surface area contributed by atoms with Crippen molar-refractivity contribution in [2.75, 3.05) is 11.9 Å². The van der Waals surface area contributed by atoms with Gasteiger partial charge in [0.05, 0.1) is 29.5 Å². The minimum Gasteiger partial charge on any atom is -0.494 e. The molecule has 9 nitrogen and oxygen atoms in total. The zero-order valence-electron chi connectivity index (χ0n) is 21.0. The van der Waals surface area contributed by atoms with Crippen molar-refractivity contribution < 1.29 is 14.3 Å². The van der Waals surface area contributed by atoms with Crippen LogP contribution >= 0.6 is 0 Å². The molecule has 5 rings (SSSR count). The van der Waals surface area contributed by atoms with E-state index in [9.17, 15) is 10.1 Å². The molecule has 0 aliphatic heterocycles. The van der Waals surface area contributed by atoms with Crippen LogP contribution in [-0.2, 0) is 11.2 Å². The number of aryl methyl sites for hydroxylation is 1. The van der Waals surface area contributed by atoms with E-state index in [4.69, 9.17) is 9.47 Å². The van der Waals surface area contributed by atoms with Crippen LogP contribution in [0.3, 0.4) is 0 Å². The Hall–Kier alpha value is -4.32. The summed E-state index contributed by atoms with van der Waals surface area (Å²) >= 11 is 0. The van der Waals surface area contributed by atoms with Gasteiger partial charge in [-0.2, -0.15) is 10.4 Å². The molecule has 190 valence electrons. The van der Waals surface area contributed by atoms with Gasteiger partial charge in [-0.05, 0) is 69.4 Å². The number of hydrogen-bond acceptors (Lipinski definition) is 6. The number of anilines is 1. The van der Waals surface area contributed by atoms with Crippen LogP contribution in [0.1, 0.15) is 57.0 Å². The predicted molar refractivity (Wildman–Crippen MR) is 140 cm³/mol. The SMILES string of the molecule is CC(C)OC(=O)Nc1ccc(-c2c(C#N)c3ccc(OCCCc4ncn[nH]4)cc3n2C2CCC2)cc1. The Bertz CT molecular complexity index is 1410. The van der Waals surface area contributed by atoms with Gasteiger partial charge in [0.1, 0.15) is 24.0 Å². The molecule has 1 aliphatic rings. The van der Waals surface area contributed by atoms with Gasteiger partial charge in [-0.3, -0.25) is 10.4 Å². The molecule has 1 saturated carbocycles. The molecule has 37 heavy (non-hydrogen) atoms. The van der Waals surface area contributed by atoms with Crippen LogP contribution < -0.4 is 10.1 Å². The zero-order chi connectivity index (χ0) is 25.8. The number of rotatable bonds is 9. The molecule has 0 atom stereocenters. The number of nitrogens with zero attached hydrogens (tertiary/aromatic N) is 4. The Morgan fingerprint density at radius 2 is 2.05 bits per heavy atom. The monoisotopic (exact) mass is 498 g/mol. The largest absolute Gasteiger partial charge is 0.494 e. The van der Waals surface area contributed by atoms with Gasteiger partial charge >= 0.3 is 6.09 Å². The summed E-state index contributed by atoms with van der Waals surface area (Å²) in [6.45, 7) is 4.17. The van der Waals surface area contributed by atoms with Crippen LogP contribution in [0.25, 0.3) is 22.2 Å². The zero-order valence-corrected chi connectivity index (χ0v) is 21.0. The molecule has 2 aromatic heterocycles. The first-order chi connectivity index (χ1) is 18.0. The van der Waals surface area contributed by atoms with E-state index in [-0.39, 0.29) is 6.10 Å². The first-order valence-electron chi connectivity index (χ1n) is 12.7. The van der Waals surface area contributed by atoms with E-state index in [2.05, 4.69) is 31.1 Å². The van der Waals surface area contributed by atoms with Crippen LogP contribution in [-0.4, -0.2) is 38.6 Å². The molecule has 0 saturated heterocycles. The van der Waals surface area contributed by atoms with Crippen LogP contribution in [0.2, 0.25) is 0 Å². The molecule has 0 bridgehead atoms. The standard InChI is InChI=1S/C28H30N6O3/c1-18(2)37-28(35)32-20-10-8-19(9-11-20)27-24(16-29)23-13-12-22(15-25(23)34(27)21-5-3-6-21)36-14-4-7-26-30-17-31-33-26/h8-13,15,17-18,21H,3-7,14H2,1-2H3,(H,32,35)(H,30,31,33). The van der Waals surface area contributed by atoms with Gasteiger partial charge in [0.15, 0.2) is 0 Å². The molecule has 0 radical (unpaired) electrons. The summed E-state index contributed by atoms with van der Waals surface area (Å²) in [5.41, 5.74) is 4.13. The molecule has 2 N–H and O–H groups in total. The maximum Gasteiger partial charge on any atom is 0.411 e. The molecular formula is C28H30N6O3. The number of ether oxygens (including phenoxy) is 2. The minimum absolute atomic E-state index is 0.196. The average Bonchev–Trinajstić information content (AvgIpc) is 3.47. The molecule has 4 aromatic rings. The molecule has 0 spiro atoms. The molecule has 2 heterocycles. The summed E-state index contributed by atoms with van der Waals surface area (Å²) in [5.74, 6) is 1.63. The third-order valence-electron chi connectivity index (χ3n) is 6.57. The smallest absolute Gasteiger partial charge is 0.411 e. The highest BCUT2D eigenvalue weighted by Crippen LogP contribution is 2.43. The fourth-order valence-corrected chi connectivity index (χ4v) is 4.65. The van der Waals surface area contributed by atoms with Crippen LogP contribution in [0.5, 0.6) is 5.75 Å². The number of carbonyl (C=O) groups is 1. The number of benzene rings is 2. The summed E-state index contributed by atoms with van der Waals surface area (Å²) in [6.07, 6.45) is 5.73. The van der Waals surface area contributed by atoms with Crippen molar-refractivity contribution in [1.29, 1.82) is 5.26 Å². The van der Waals surface area contributed by atoms with Crippen molar-refractivity contribution in [2.24, 2.45) is 0 Å². The second-order valence-corrected chi connectivity index (χ2v) is 9.51. The van der Waals surface area contributed by atoms with E-state index in [1.165, 1.54) is 12.7 Å². The Labute approximate surface area is 215 Å². The highest BCUT2D eigenvalue weighted by molar-refractivity contribution is 5.96. The predicted octanol–water partition coefficient (Wildman–Crippen LogP) is 5.99. The van der Waals surface area contributed by atoms with E-state index >= 15 is 0 Å². The summed E-state index contributed by atoms with van der Waals surface area (Å²) in [4.78, 5) is 16.1. The van der Waals surface area contributed by atoms with E-state index in [0.29, 0.717) is 23.9 Å². The lowest BCUT2D eigenvalue weighted by Gasteiger charge is -2.30. The van der Waals surface area contributed by atoms with Gasteiger partial charge in [-0.25, -0.2) is 9.78 Å². The Kier molecular flexibility index (Phi) is 7.08. The summed E-state index contributed by atoms with van der Waals surface area (Å²) in [6, 6.07) is 16.3. The Morgan fingerprint density at radius 1 is 1.24 bits per heavy atom. The van der Waals surface area contributed by atoms with Crippen LogP contribution in [0.4, 0.5) is 10.5 Å². The van der Waals surface area contributed by atoms with Crippen molar-refractivity contribution in [2.45, 2.75) is 58.1 Å². The number of carbonyl (C=O) groups excluding carboxylic acids is 1. The Morgan fingerprint density at radius 3 is 2.70 bits per heavy atom. The number of H-pyrrole nitrogens is 1. The third-order valence-corrected chi connectivity index (χ3v) is 6.57. The molecular weight excluding hydrogens is 468 g/mol. The summed E-state index contributed by atoms with van der Waals surface area (Å²) in [5, 5.41) is 20.6. The van der Waals surface area contributed by atoms with Gasteiger partial charge in [0.2, 0.25) is 0 Å². The van der Waals surface area contributed by atoms with Crippen LogP contribution in [0.15, 0.2) is 48.8 Å². The lowest BCUT2D eigenvalue weighted by atomic mass is 9.92. The fraction of sp³-hybridized carbons (Fsp3) is 0.357. The number of hydrogen-bond donors (Lipinski definition) is 2. The lowest BCUT2D eigenvalue weighted by molar-refractivity contribution is 0.130. The van der Waals surface area contributed by atoms with E-state index in [1.807, 2.05) is 42.5 Å². The van der Waals surface area contributed by atoms with Gasteiger partial charge in [0.25, 0.3) is 0 Å². The quantitative estimate of drug-likeness (QED) is 0.274. The van der Waals surface area contributed by atoms with Crippen molar-refractivity contribution in [3.8, 4) is 23.1 Å². The fourth-order valence-electron chi connectivity index (χ4n) is 4.65. The first-order valence-corrected chi connectivity index (χ1v) is 12.7. The van der Waals surface area contributed by atoms with E-state index in [0.717, 1.165) is 59.4 Å². The molecule has 9 heteroatoms. The topological polar surface area (TPSA) is 118 Å². The highest BCUT2D eigenvalue weighted by Gasteiger charge is 2.28. The van der Waals surface area contributed by atoms with Gasteiger partial charge in [-0.1, -0.05) is 12.1 Å². The molecule has 1 amide bonds. The molecule has 1 aliphatic carbocycles. The second-order valence-electron chi connectivity index (χ2n) is 9.51. The van der Waals surface area contributed by atoms with Crippen molar-refractivity contribution in [3.63, 3.8) is 0 Å². The number of aromatic nitrogens is 4. The van der Waals surface area contributed by atoms with Gasteiger partial charge in [0, 0.05) is 29.6 Å². The molecule has 1 fully saturated rings. The van der Waals surface area contributed by atoms with Crippen molar-refractivity contribution in [1.82, 2.24) is 19.7 Å².